The molecule has 12 heavy (non-hydrogen) atoms. The first kappa shape index (κ1) is 8.83. The number of hydrogen-bond donors (Lipinski definition) is 0. The van der Waals surface area contributed by atoms with Crippen molar-refractivity contribution in [3.63, 3.8) is 0 Å². The molecule has 0 heterocycles. The maximum atomic E-state index is 12.1. The third-order valence-corrected chi connectivity index (χ3v) is 0.980. The molecule has 0 aliphatic rings. The summed E-state index contributed by atoms with van der Waals surface area (Å²) >= 11 is 0. The van der Waals surface area contributed by atoms with E-state index >= 15 is 0 Å². The molecule has 0 unspecified atom stereocenters. The molecule has 0 saturated carbocycles. The normalized spacial score (nSPS) is 11.3. The molecule has 1 aromatic carbocycles. The molecule has 0 aliphatic heterocycles. The second-order valence-corrected chi connectivity index (χ2v) is 1.92. The molecule has 0 amide bonds. The van der Waals surface area contributed by atoms with Gasteiger partial charge in [0.25, 0.3) is 0 Å². The van der Waals surface area contributed by atoms with E-state index in [1.807, 2.05) is 6.07 Å². The highest BCUT2D eigenvalue weighted by atomic mass is 19.4. The van der Waals surface area contributed by atoms with Crippen molar-refractivity contribution in [1.82, 2.24) is 0 Å². The number of halogens is 4. The lowest BCUT2D eigenvalue weighted by Crippen LogP contribution is -2.16. The van der Waals surface area contributed by atoms with Gasteiger partial charge in [0.2, 0.25) is 0 Å². The second-order valence-electron chi connectivity index (χ2n) is 1.92. The van der Waals surface area contributed by atoms with Crippen LogP contribution in [0.25, 0.3) is 0 Å². The molecular weight excluding hydrogens is 176 g/mol. The van der Waals surface area contributed by atoms with Gasteiger partial charge >= 0.3 is 6.36 Å². The third-order valence-electron chi connectivity index (χ3n) is 0.980. The fourth-order valence-corrected chi connectivity index (χ4v) is 0.589. The van der Waals surface area contributed by atoms with Crippen LogP contribution in [-0.2, 0) is 0 Å². The van der Waals surface area contributed by atoms with Crippen LogP contribution in [0.15, 0.2) is 18.2 Å². The third kappa shape index (κ3) is 2.77. The van der Waals surface area contributed by atoms with E-state index in [1.165, 1.54) is 0 Å². The van der Waals surface area contributed by atoms with E-state index in [2.05, 4.69) is 4.74 Å². The fraction of sp³-hybridized carbons (Fsp3) is 0.143. The van der Waals surface area contributed by atoms with E-state index in [9.17, 15) is 17.6 Å². The van der Waals surface area contributed by atoms with Gasteiger partial charge in [0.15, 0.2) is 0 Å². The lowest BCUT2D eigenvalue weighted by molar-refractivity contribution is -0.274. The fourth-order valence-electron chi connectivity index (χ4n) is 0.589. The van der Waals surface area contributed by atoms with Crippen LogP contribution in [0.2, 0.25) is 0 Å². The van der Waals surface area contributed by atoms with Gasteiger partial charge in [-0.2, -0.15) is 0 Å². The number of rotatable bonds is 1. The molecule has 0 N–H and O–H groups in total. The smallest absolute Gasteiger partial charge is 0.406 e. The van der Waals surface area contributed by atoms with E-state index in [0.717, 1.165) is 18.2 Å². The highest BCUT2D eigenvalue weighted by Crippen LogP contribution is 2.21. The van der Waals surface area contributed by atoms with Crippen LogP contribution >= 0.6 is 0 Å². The minimum atomic E-state index is -4.74. The summed E-state index contributed by atoms with van der Waals surface area (Å²) in [5, 5.41) is 0. The number of alkyl halides is 3. The van der Waals surface area contributed by atoms with E-state index in [-0.39, 0.29) is 0 Å². The average Bonchev–Trinajstić information content (AvgIpc) is 1.91. The van der Waals surface area contributed by atoms with Crippen LogP contribution in [-0.4, -0.2) is 6.36 Å². The Balaban J connectivity index is 2.71. The highest BCUT2D eigenvalue weighted by Gasteiger charge is 2.30. The summed E-state index contributed by atoms with van der Waals surface area (Å²) in [6.45, 7) is 0. The zero-order valence-corrected chi connectivity index (χ0v) is 5.65. The zero-order chi connectivity index (χ0) is 9.19. The Bertz CT molecular complexity index is 251. The van der Waals surface area contributed by atoms with Crippen molar-refractivity contribution >= 4 is 0 Å². The summed E-state index contributed by atoms with van der Waals surface area (Å²) in [4.78, 5) is 0. The van der Waals surface area contributed by atoms with Gasteiger partial charge < -0.3 is 4.74 Å². The van der Waals surface area contributed by atoms with Gasteiger partial charge in [-0.1, -0.05) is 0 Å². The monoisotopic (exact) mass is 179 g/mol. The number of benzene rings is 1. The van der Waals surface area contributed by atoms with Gasteiger partial charge in [-0.05, 0) is 18.2 Å². The van der Waals surface area contributed by atoms with Crippen LogP contribution in [0.1, 0.15) is 0 Å². The molecular formula is C7H3F4O. The van der Waals surface area contributed by atoms with Crippen LogP contribution < -0.4 is 4.74 Å². The van der Waals surface area contributed by atoms with Crippen molar-refractivity contribution in [2.45, 2.75) is 6.36 Å². The van der Waals surface area contributed by atoms with Crippen LogP contribution in [0.4, 0.5) is 17.6 Å². The van der Waals surface area contributed by atoms with Crippen molar-refractivity contribution in [3.8, 4) is 5.75 Å². The number of ether oxygens (including phenoxy) is 1. The maximum absolute atomic E-state index is 12.1. The first-order valence-electron chi connectivity index (χ1n) is 2.90. The summed E-state index contributed by atoms with van der Waals surface area (Å²) in [7, 11) is 0. The van der Waals surface area contributed by atoms with Crippen molar-refractivity contribution in [3.05, 3.63) is 30.1 Å². The predicted molar refractivity (Wildman–Crippen MR) is 31.9 cm³/mol. The maximum Gasteiger partial charge on any atom is 0.573 e. The van der Waals surface area contributed by atoms with Crippen molar-refractivity contribution < 1.29 is 22.3 Å². The first-order valence-corrected chi connectivity index (χ1v) is 2.90. The van der Waals surface area contributed by atoms with Gasteiger partial charge in [0.1, 0.15) is 11.6 Å². The largest absolute Gasteiger partial charge is 0.573 e. The molecule has 0 aliphatic carbocycles. The molecule has 1 nitrogen and oxygen atoms in total. The quantitative estimate of drug-likeness (QED) is 0.602. The van der Waals surface area contributed by atoms with E-state index in [0.29, 0.717) is 0 Å². The summed E-state index contributed by atoms with van der Waals surface area (Å²) in [5.74, 6) is -1.21. The van der Waals surface area contributed by atoms with Crippen molar-refractivity contribution in [1.29, 1.82) is 0 Å². The summed E-state index contributed by atoms with van der Waals surface area (Å²) in [6.07, 6.45) is -4.74. The van der Waals surface area contributed by atoms with E-state index < -0.39 is 17.9 Å². The minimum absolute atomic E-state index is 0.483. The Morgan fingerprint density at radius 2 is 1.92 bits per heavy atom. The molecule has 0 spiro atoms. The molecule has 65 valence electrons. The second kappa shape index (κ2) is 3.00. The Labute approximate surface area is 65.6 Å². The number of hydrogen-bond acceptors (Lipinski definition) is 1. The predicted octanol–water partition coefficient (Wildman–Crippen LogP) is 2.52. The minimum Gasteiger partial charge on any atom is -0.406 e. The summed E-state index contributed by atoms with van der Waals surface area (Å²) in [6, 6.07) is 4.42. The molecule has 0 bridgehead atoms. The molecule has 0 atom stereocenters. The zero-order valence-electron chi connectivity index (χ0n) is 5.65. The van der Waals surface area contributed by atoms with E-state index in [4.69, 9.17) is 0 Å². The molecule has 1 aromatic rings. The van der Waals surface area contributed by atoms with E-state index in [1.54, 1.807) is 0 Å². The Morgan fingerprint density at radius 3 is 2.33 bits per heavy atom. The lowest BCUT2D eigenvalue weighted by atomic mass is 10.3. The van der Waals surface area contributed by atoms with Crippen LogP contribution in [0, 0.1) is 11.9 Å². The first-order chi connectivity index (χ1) is 5.47. The van der Waals surface area contributed by atoms with Crippen LogP contribution in [0.3, 0.4) is 0 Å². The van der Waals surface area contributed by atoms with Gasteiger partial charge in [-0.15, -0.1) is 13.2 Å². The molecule has 0 fully saturated rings. The Kier molecular flexibility index (Phi) is 2.21. The molecule has 1 rings (SSSR count). The Morgan fingerprint density at radius 1 is 1.25 bits per heavy atom. The molecule has 5 heteroatoms. The topological polar surface area (TPSA) is 9.23 Å². The lowest BCUT2D eigenvalue weighted by Gasteiger charge is -2.07. The molecule has 1 radical (unpaired) electrons. The van der Waals surface area contributed by atoms with Gasteiger partial charge in [-0.25, -0.2) is 4.39 Å². The van der Waals surface area contributed by atoms with Crippen LogP contribution in [0.5, 0.6) is 5.75 Å². The average molecular weight is 179 g/mol. The van der Waals surface area contributed by atoms with Gasteiger partial charge in [-0.3, -0.25) is 0 Å². The molecule has 0 saturated heterocycles. The van der Waals surface area contributed by atoms with Crippen molar-refractivity contribution in [2.75, 3.05) is 0 Å². The Hall–Kier alpha value is -1.26. The standard InChI is InChI=1S/C7H3F4O/c8-5-1-3-6(4-2-5)12-7(9,10)11/h1,3-4H. The SMILES string of the molecule is Fc1[c]cc(OC(F)(F)F)cc1. The highest BCUT2D eigenvalue weighted by molar-refractivity contribution is 5.21. The van der Waals surface area contributed by atoms with Crippen molar-refractivity contribution in [2.24, 2.45) is 0 Å². The summed E-state index contributed by atoms with van der Waals surface area (Å²) < 4.78 is 50.1. The molecule has 0 aromatic heterocycles. The summed E-state index contributed by atoms with van der Waals surface area (Å²) in [5.41, 5.74) is 0. The van der Waals surface area contributed by atoms with Gasteiger partial charge in [0.05, 0.1) is 0 Å². The van der Waals surface area contributed by atoms with Gasteiger partial charge in [0, 0.05) is 6.07 Å².